The fourth-order valence-electron chi connectivity index (χ4n) is 1.08. The molecule has 0 radical (unpaired) electrons. The van der Waals surface area contributed by atoms with Crippen molar-refractivity contribution in [1.82, 2.24) is 5.32 Å². The second-order valence-corrected chi connectivity index (χ2v) is 2.83. The van der Waals surface area contributed by atoms with Crippen molar-refractivity contribution in [2.24, 2.45) is 0 Å². The minimum atomic E-state index is -0.938. The van der Waals surface area contributed by atoms with Gasteiger partial charge in [-0.3, -0.25) is 9.68 Å². The van der Waals surface area contributed by atoms with E-state index in [2.05, 4.69) is 10.2 Å². The summed E-state index contributed by atoms with van der Waals surface area (Å²) in [6, 6.07) is 6.42. The predicted octanol–water partition coefficient (Wildman–Crippen LogP) is 0.441. The molecule has 0 heterocycles. The van der Waals surface area contributed by atoms with Gasteiger partial charge in [0.15, 0.2) is 6.61 Å². The van der Waals surface area contributed by atoms with Crippen LogP contribution in [0.15, 0.2) is 24.3 Å². The van der Waals surface area contributed by atoms with Crippen molar-refractivity contribution in [3.8, 4) is 5.75 Å². The standard InChI is InChI=1S/C10H11NO5/c1-11-10(13)7-4-2-3-5-8(7)15-6-9(12)16-14/h2-5,14H,6H2,1H3,(H,11,13). The maximum atomic E-state index is 11.4. The number of rotatable bonds is 4. The molecule has 0 aliphatic rings. The number of hydrogen-bond acceptors (Lipinski definition) is 5. The van der Waals surface area contributed by atoms with Crippen LogP contribution in [0.1, 0.15) is 10.4 Å². The van der Waals surface area contributed by atoms with Gasteiger partial charge in [-0.1, -0.05) is 12.1 Å². The molecule has 6 heteroatoms. The van der Waals surface area contributed by atoms with Crippen LogP contribution in [-0.2, 0) is 9.68 Å². The first kappa shape index (κ1) is 12.0. The van der Waals surface area contributed by atoms with Gasteiger partial charge < -0.3 is 10.1 Å². The highest BCUT2D eigenvalue weighted by molar-refractivity contribution is 5.96. The van der Waals surface area contributed by atoms with Gasteiger partial charge in [0.1, 0.15) is 5.75 Å². The van der Waals surface area contributed by atoms with E-state index in [9.17, 15) is 9.59 Å². The number of nitrogens with one attached hydrogen (secondary N) is 1. The van der Waals surface area contributed by atoms with Gasteiger partial charge in [0.05, 0.1) is 5.56 Å². The summed E-state index contributed by atoms with van der Waals surface area (Å²) in [4.78, 5) is 25.5. The molecule has 6 nitrogen and oxygen atoms in total. The van der Waals surface area contributed by atoms with Crippen LogP contribution in [0, 0.1) is 0 Å². The summed E-state index contributed by atoms with van der Waals surface area (Å²) in [5.74, 6) is -1.02. The highest BCUT2D eigenvalue weighted by Gasteiger charge is 2.11. The van der Waals surface area contributed by atoms with Crippen molar-refractivity contribution in [3.63, 3.8) is 0 Å². The van der Waals surface area contributed by atoms with Crippen molar-refractivity contribution in [2.45, 2.75) is 0 Å². The summed E-state index contributed by atoms with van der Waals surface area (Å²) >= 11 is 0. The molecule has 0 aliphatic carbocycles. The Balaban J connectivity index is 2.79. The Kier molecular flexibility index (Phi) is 4.28. The van der Waals surface area contributed by atoms with Crippen molar-refractivity contribution < 1.29 is 24.5 Å². The third-order valence-corrected chi connectivity index (χ3v) is 1.81. The largest absolute Gasteiger partial charge is 0.481 e. The van der Waals surface area contributed by atoms with Gasteiger partial charge in [0.25, 0.3) is 5.91 Å². The number of benzene rings is 1. The molecule has 0 bridgehead atoms. The van der Waals surface area contributed by atoms with E-state index in [1.165, 1.54) is 13.1 Å². The lowest BCUT2D eigenvalue weighted by molar-refractivity contribution is -0.236. The first-order valence-corrected chi connectivity index (χ1v) is 4.47. The molecular weight excluding hydrogens is 214 g/mol. The number of ether oxygens (including phenoxy) is 1. The summed E-state index contributed by atoms with van der Waals surface area (Å²) in [5.41, 5.74) is 0.302. The molecule has 86 valence electrons. The number of amides is 1. The van der Waals surface area contributed by atoms with Crippen LogP contribution >= 0.6 is 0 Å². The molecule has 2 N–H and O–H groups in total. The smallest absolute Gasteiger partial charge is 0.379 e. The molecule has 0 unspecified atom stereocenters. The quantitative estimate of drug-likeness (QED) is 0.573. The minimum absolute atomic E-state index is 0.243. The lowest BCUT2D eigenvalue weighted by atomic mass is 10.2. The summed E-state index contributed by atoms with van der Waals surface area (Å²) < 4.78 is 5.02. The third kappa shape index (κ3) is 2.96. The SMILES string of the molecule is CNC(=O)c1ccccc1OCC(=O)OO. The molecule has 1 rings (SSSR count). The highest BCUT2D eigenvalue weighted by Crippen LogP contribution is 2.17. The van der Waals surface area contributed by atoms with Crippen molar-refractivity contribution in [2.75, 3.05) is 13.7 Å². The van der Waals surface area contributed by atoms with Crippen molar-refractivity contribution in [3.05, 3.63) is 29.8 Å². The number of carbonyl (C=O) groups is 2. The maximum Gasteiger partial charge on any atom is 0.379 e. The van der Waals surface area contributed by atoms with Crippen LogP contribution in [0.25, 0.3) is 0 Å². The molecule has 1 aromatic rings. The van der Waals surface area contributed by atoms with Gasteiger partial charge in [0, 0.05) is 7.05 Å². The van der Waals surface area contributed by atoms with Crippen molar-refractivity contribution >= 4 is 11.9 Å². The van der Waals surface area contributed by atoms with E-state index in [0.717, 1.165) is 0 Å². The Bertz CT molecular complexity index is 391. The average molecular weight is 225 g/mol. The topological polar surface area (TPSA) is 84.9 Å². The molecule has 0 spiro atoms. The number of hydrogen-bond donors (Lipinski definition) is 2. The zero-order valence-electron chi connectivity index (χ0n) is 8.60. The van der Waals surface area contributed by atoms with Gasteiger partial charge >= 0.3 is 5.97 Å². The fourth-order valence-corrected chi connectivity index (χ4v) is 1.08. The molecule has 0 fully saturated rings. The first-order chi connectivity index (χ1) is 7.69. The summed E-state index contributed by atoms with van der Waals surface area (Å²) in [7, 11) is 1.49. The second-order valence-electron chi connectivity index (χ2n) is 2.83. The Hall–Kier alpha value is -2.08. The Morgan fingerprint density at radius 2 is 2.06 bits per heavy atom. The molecule has 0 aromatic heterocycles. The van der Waals surface area contributed by atoms with Crippen LogP contribution in [0.4, 0.5) is 0 Å². The second kappa shape index (κ2) is 5.72. The van der Waals surface area contributed by atoms with Crippen LogP contribution in [-0.4, -0.2) is 30.8 Å². The number of para-hydroxylation sites is 1. The average Bonchev–Trinajstić information content (AvgIpc) is 2.35. The van der Waals surface area contributed by atoms with Gasteiger partial charge in [-0.05, 0) is 12.1 Å². The van der Waals surface area contributed by atoms with E-state index in [0.29, 0.717) is 5.56 Å². The monoisotopic (exact) mass is 225 g/mol. The maximum absolute atomic E-state index is 11.4. The fraction of sp³-hybridized carbons (Fsp3) is 0.200. The molecule has 1 amide bonds. The van der Waals surface area contributed by atoms with Crippen molar-refractivity contribution in [1.29, 1.82) is 0 Å². The summed E-state index contributed by atoms with van der Waals surface area (Å²) in [5, 5.41) is 10.5. The van der Waals surface area contributed by atoms with Crippen LogP contribution in [0.5, 0.6) is 5.75 Å². The van der Waals surface area contributed by atoms with Crippen LogP contribution in [0.2, 0.25) is 0 Å². The zero-order valence-corrected chi connectivity index (χ0v) is 8.60. The summed E-state index contributed by atoms with van der Waals surface area (Å²) in [6.45, 7) is -0.468. The minimum Gasteiger partial charge on any atom is -0.481 e. The van der Waals surface area contributed by atoms with Gasteiger partial charge in [-0.15, -0.1) is 0 Å². The lowest BCUT2D eigenvalue weighted by Gasteiger charge is -2.08. The third-order valence-electron chi connectivity index (χ3n) is 1.81. The molecule has 0 saturated carbocycles. The lowest BCUT2D eigenvalue weighted by Crippen LogP contribution is -2.20. The highest BCUT2D eigenvalue weighted by atomic mass is 17.1. The van der Waals surface area contributed by atoms with E-state index in [1.807, 2.05) is 0 Å². The van der Waals surface area contributed by atoms with Gasteiger partial charge in [0.2, 0.25) is 0 Å². The van der Waals surface area contributed by atoms with Gasteiger partial charge in [-0.2, -0.15) is 5.26 Å². The summed E-state index contributed by atoms with van der Waals surface area (Å²) in [6.07, 6.45) is 0. The van der Waals surface area contributed by atoms with E-state index < -0.39 is 12.6 Å². The van der Waals surface area contributed by atoms with E-state index in [-0.39, 0.29) is 11.7 Å². The van der Waals surface area contributed by atoms with E-state index in [1.54, 1.807) is 18.2 Å². The Morgan fingerprint density at radius 1 is 1.38 bits per heavy atom. The van der Waals surface area contributed by atoms with E-state index >= 15 is 0 Å². The van der Waals surface area contributed by atoms with E-state index in [4.69, 9.17) is 9.99 Å². The van der Waals surface area contributed by atoms with Gasteiger partial charge in [-0.25, -0.2) is 4.79 Å². The molecule has 16 heavy (non-hydrogen) atoms. The van der Waals surface area contributed by atoms with Crippen LogP contribution in [0.3, 0.4) is 0 Å². The molecular formula is C10H11NO5. The molecule has 1 aromatic carbocycles. The molecule has 0 atom stereocenters. The first-order valence-electron chi connectivity index (χ1n) is 4.47. The molecule has 0 aliphatic heterocycles. The predicted molar refractivity (Wildman–Crippen MR) is 54.0 cm³/mol. The Morgan fingerprint density at radius 3 is 2.69 bits per heavy atom. The number of carbonyl (C=O) groups excluding carboxylic acids is 2. The Labute approximate surface area is 91.7 Å². The zero-order chi connectivity index (χ0) is 12.0. The van der Waals surface area contributed by atoms with Crippen LogP contribution < -0.4 is 10.1 Å². The molecule has 0 saturated heterocycles. The normalized spacial score (nSPS) is 9.38.